The number of nitrogens with one attached hydrogen (secondary N) is 1. The zero-order valence-electron chi connectivity index (χ0n) is 12.8. The lowest BCUT2D eigenvalue weighted by Crippen LogP contribution is -2.39. The summed E-state index contributed by atoms with van der Waals surface area (Å²) in [5.41, 5.74) is -0.0290. The van der Waals surface area contributed by atoms with Gasteiger partial charge in [0.25, 0.3) is 0 Å². The van der Waals surface area contributed by atoms with E-state index in [-0.39, 0.29) is 24.7 Å². The molecule has 0 aliphatic heterocycles. The van der Waals surface area contributed by atoms with E-state index in [0.29, 0.717) is 17.1 Å². The Morgan fingerprint density at radius 1 is 1.30 bits per heavy atom. The molecule has 0 saturated heterocycles. The molecule has 0 saturated carbocycles. The Morgan fingerprint density at radius 2 is 1.96 bits per heavy atom. The zero-order valence-corrected chi connectivity index (χ0v) is 12.8. The number of hydrogen-bond donors (Lipinski definition) is 2. The lowest BCUT2D eigenvalue weighted by atomic mass is 9.94. The molecule has 0 radical (unpaired) electrons. The van der Waals surface area contributed by atoms with E-state index in [2.05, 4.69) is 10.3 Å². The van der Waals surface area contributed by atoms with Crippen molar-refractivity contribution in [3.63, 3.8) is 0 Å². The quantitative estimate of drug-likeness (QED) is 0.851. The Hall–Kier alpha value is -2.70. The summed E-state index contributed by atoms with van der Waals surface area (Å²) in [5, 5.41) is 11.5. The van der Waals surface area contributed by atoms with Crippen molar-refractivity contribution in [1.29, 1.82) is 0 Å². The first kappa shape index (κ1) is 16.7. The standard InChI is InChI=1S/C16H17FN2O4/c1-16(2,15(21)22)9-18-13(20)7-12-8-23-14(19-12)10-3-5-11(17)6-4-10/h3-6,8H,7,9H2,1-2H3,(H,18,20)(H,21,22). The fourth-order valence-corrected chi connectivity index (χ4v) is 1.74. The molecule has 2 rings (SSSR count). The summed E-state index contributed by atoms with van der Waals surface area (Å²) < 4.78 is 18.1. The van der Waals surface area contributed by atoms with E-state index >= 15 is 0 Å². The Morgan fingerprint density at radius 3 is 2.57 bits per heavy atom. The minimum absolute atomic E-state index is 0.0177. The van der Waals surface area contributed by atoms with Crippen molar-refractivity contribution >= 4 is 11.9 Å². The highest BCUT2D eigenvalue weighted by Crippen LogP contribution is 2.19. The Labute approximate surface area is 132 Å². The van der Waals surface area contributed by atoms with Gasteiger partial charge in [0.2, 0.25) is 11.8 Å². The van der Waals surface area contributed by atoms with Crippen molar-refractivity contribution in [2.24, 2.45) is 5.41 Å². The van der Waals surface area contributed by atoms with Gasteiger partial charge >= 0.3 is 5.97 Å². The first-order valence-corrected chi connectivity index (χ1v) is 6.98. The molecule has 2 aromatic rings. The van der Waals surface area contributed by atoms with E-state index in [1.807, 2.05) is 0 Å². The number of oxazole rings is 1. The average Bonchev–Trinajstić information content (AvgIpc) is 2.94. The van der Waals surface area contributed by atoms with Crippen molar-refractivity contribution in [2.75, 3.05) is 6.54 Å². The number of rotatable bonds is 6. The molecule has 6 nitrogen and oxygen atoms in total. The molecule has 0 aliphatic carbocycles. The summed E-state index contributed by atoms with van der Waals surface area (Å²) in [6, 6.07) is 5.64. The third-order valence-electron chi connectivity index (χ3n) is 3.29. The van der Waals surface area contributed by atoms with Crippen molar-refractivity contribution in [3.05, 3.63) is 42.0 Å². The number of aliphatic carboxylic acids is 1. The molecular weight excluding hydrogens is 303 g/mol. The summed E-state index contributed by atoms with van der Waals surface area (Å²) in [6.45, 7) is 3.07. The largest absolute Gasteiger partial charge is 0.481 e. The molecule has 0 aliphatic rings. The molecule has 1 aromatic carbocycles. The second-order valence-corrected chi connectivity index (χ2v) is 5.79. The number of halogens is 1. The maximum Gasteiger partial charge on any atom is 0.310 e. The molecule has 1 amide bonds. The first-order chi connectivity index (χ1) is 10.8. The number of amides is 1. The fourth-order valence-electron chi connectivity index (χ4n) is 1.74. The Bertz CT molecular complexity index is 707. The topological polar surface area (TPSA) is 92.4 Å². The van der Waals surface area contributed by atoms with Gasteiger partial charge < -0.3 is 14.8 Å². The molecule has 0 bridgehead atoms. The molecule has 23 heavy (non-hydrogen) atoms. The molecule has 1 aromatic heterocycles. The number of hydrogen-bond acceptors (Lipinski definition) is 4. The summed E-state index contributed by atoms with van der Waals surface area (Å²) in [7, 11) is 0. The van der Waals surface area contributed by atoms with Crippen molar-refractivity contribution in [3.8, 4) is 11.5 Å². The highest BCUT2D eigenvalue weighted by Gasteiger charge is 2.27. The average molecular weight is 320 g/mol. The predicted octanol–water partition coefficient (Wildman–Crippen LogP) is 2.25. The fraction of sp³-hybridized carbons (Fsp3) is 0.312. The number of carboxylic acids is 1. The van der Waals surface area contributed by atoms with Crippen LogP contribution in [-0.4, -0.2) is 28.5 Å². The highest BCUT2D eigenvalue weighted by molar-refractivity contribution is 5.80. The second kappa shape index (κ2) is 6.60. The number of carbonyl (C=O) groups is 2. The third kappa shape index (κ3) is 4.38. The Balaban J connectivity index is 1.95. The third-order valence-corrected chi connectivity index (χ3v) is 3.29. The lowest BCUT2D eigenvalue weighted by molar-refractivity contribution is -0.146. The molecule has 122 valence electrons. The molecule has 1 heterocycles. The predicted molar refractivity (Wildman–Crippen MR) is 80.0 cm³/mol. The maximum absolute atomic E-state index is 12.9. The van der Waals surface area contributed by atoms with Gasteiger partial charge in [-0.05, 0) is 38.1 Å². The van der Waals surface area contributed by atoms with Gasteiger partial charge in [-0.15, -0.1) is 0 Å². The molecule has 0 spiro atoms. The van der Waals surface area contributed by atoms with Crippen LogP contribution >= 0.6 is 0 Å². The van der Waals surface area contributed by atoms with Crippen molar-refractivity contribution in [2.45, 2.75) is 20.3 Å². The van der Waals surface area contributed by atoms with Crippen LogP contribution in [-0.2, 0) is 16.0 Å². The first-order valence-electron chi connectivity index (χ1n) is 6.98. The molecule has 7 heteroatoms. The monoisotopic (exact) mass is 320 g/mol. The highest BCUT2D eigenvalue weighted by atomic mass is 19.1. The van der Waals surface area contributed by atoms with Gasteiger partial charge in [0.05, 0.1) is 17.5 Å². The van der Waals surface area contributed by atoms with Gasteiger partial charge in [-0.25, -0.2) is 9.37 Å². The van der Waals surface area contributed by atoms with Crippen LogP contribution in [0, 0.1) is 11.2 Å². The molecule has 0 unspecified atom stereocenters. The van der Waals surface area contributed by atoms with Crippen molar-refractivity contribution < 1.29 is 23.5 Å². The maximum atomic E-state index is 12.9. The summed E-state index contributed by atoms with van der Waals surface area (Å²) in [6.07, 6.45) is 1.32. The van der Waals surface area contributed by atoms with E-state index in [1.165, 1.54) is 44.4 Å². The number of carbonyl (C=O) groups excluding carboxylic acids is 1. The van der Waals surface area contributed by atoms with E-state index in [4.69, 9.17) is 9.52 Å². The van der Waals surface area contributed by atoms with E-state index < -0.39 is 11.4 Å². The lowest BCUT2D eigenvalue weighted by Gasteiger charge is -2.19. The van der Waals surface area contributed by atoms with Crippen LogP contribution in [0.5, 0.6) is 0 Å². The summed E-state index contributed by atoms with van der Waals surface area (Å²) in [4.78, 5) is 27.0. The smallest absolute Gasteiger partial charge is 0.310 e. The van der Waals surface area contributed by atoms with Gasteiger partial charge in [0.15, 0.2) is 0 Å². The van der Waals surface area contributed by atoms with E-state index in [0.717, 1.165) is 0 Å². The SMILES string of the molecule is CC(C)(CNC(=O)Cc1coc(-c2ccc(F)cc2)n1)C(=O)O. The van der Waals surface area contributed by atoms with Crippen LogP contribution in [0.2, 0.25) is 0 Å². The minimum Gasteiger partial charge on any atom is -0.481 e. The van der Waals surface area contributed by atoms with Gasteiger partial charge in [-0.2, -0.15) is 0 Å². The molecular formula is C16H17FN2O4. The van der Waals surface area contributed by atoms with Crippen LogP contribution in [0.3, 0.4) is 0 Å². The van der Waals surface area contributed by atoms with Crippen LogP contribution in [0.15, 0.2) is 34.9 Å². The minimum atomic E-state index is -1.04. The van der Waals surface area contributed by atoms with E-state index in [1.54, 1.807) is 0 Å². The van der Waals surface area contributed by atoms with Crippen LogP contribution in [0.1, 0.15) is 19.5 Å². The zero-order chi connectivity index (χ0) is 17.0. The van der Waals surface area contributed by atoms with Gasteiger partial charge in [0.1, 0.15) is 12.1 Å². The summed E-state index contributed by atoms with van der Waals surface area (Å²) in [5.74, 6) is -1.41. The normalized spacial score (nSPS) is 11.3. The number of carboxylic acid groups (broad SMARTS) is 1. The van der Waals surface area contributed by atoms with Crippen LogP contribution in [0.4, 0.5) is 4.39 Å². The van der Waals surface area contributed by atoms with Crippen molar-refractivity contribution in [1.82, 2.24) is 10.3 Å². The van der Waals surface area contributed by atoms with E-state index in [9.17, 15) is 14.0 Å². The molecule has 2 N–H and O–H groups in total. The summed E-state index contributed by atoms with van der Waals surface area (Å²) >= 11 is 0. The number of aromatic nitrogens is 1. The number of nitrogens with zero attached hydrogens (tertiary/aromatic N) is 1. The number of benzene rings is 1. The van der Waals surface area contributed by atoms with Crippen LogP contribution in [0.25, 0.3) is 11.5 Å². The van der Waals surface area contributed by atoms with Gasteiger partial charge in [-0.1, -0.05) is 0 Å². The molecule has 0 atom stereocenters. The second-order valence-electron chi connectivity index (χ2n) is 5.79. The molecule has 0 fully saturated rings. The van der Waals surface area contributed by atoms with Gasteiger partial charge in [-0.3, -0.25) is 9.59 Å². The van der Waals surface area contributed by atoms with Crippen LogP contribution < -0.4 is 5.32 Å². The van der Waals surface area contributed by atoms with Gasteiger partial charge in [0, 0.05) is 12.1 Å². The Kier molecular flexibility index (Phi) is 4.78.